The second-order valence-corrected chi connectivity index (χ2v) is 2.72. The van der Waals surface area contributed by atoms with Crippen LogP contribution in [0.3, 0.4) is 0 Å². The van der Waals surface area contributed by atoms with Gasteiger partial charge in [0.05, 0.1) is 0 Å². The molecule has 0 radical (unpaired) electrons. The zero-order chi connectivity index (χ0) is 7.82. The second kappa shape index (κ2) is 10.6. The minimum atomic E-state index is 0. The first-order valence-corrected chi connectivity index (χ1v) is 4.37. The lowest BCUT2D eigenvalue weighted by Gasteiger charge is -2.16. The van der Waals surface area contributed by atoms with Gasteiger partial charge < -0.3 is 0 Å². The van der Waals surface area contributed by atoms with Crippen molar-refractivity contribution in [2.24, 2.45) is 0 Å². The van der Waals surface area contributed by atoms with E-state index < -0.39 is 0 Å². The first kappa shape index (κ1) is 14.1. The molecule has 0 N–H and O–H groups in total. The predicted octanol–water partition coefficient (Wildman–Crippen LogP) is 2.37. The lowest BCUT2D eigenvalue weighted by atomic mass is 10.5. The predicted molar refractivity (Wildman–Crippen MR) is 55.3 cm³/mol. The zero-order valence-corrected chi connectivity index (χ0v) is 8.76. The summed E-state index contributed by atoms with van der Waals surface area (Å²) >= 11 is 11.1. The lowest BCUT2D eigenvalue weighted by Crippen LogP contribution is -2.27. The molecule has 0 saturated carbocycles. The Morgan fingerprint density at radius 3 is 1.91 bits per heavy atom. The normalized spacial score (nSPS) is 9.36. The third kappa shape index (κ3) is 8.48. The van der Waals surface area contributed by atoms with Crippen LogP contribution >= 0.6 is 35.6 Å². The van der Waals surface area contributed by atoms with Crippen LogP contribution < -0.4 is 0 Å². The van der Waals surface area contributed by atoms with Gasteiger partial charge in [0, 0.05) is 31.4 Å². The third-order valence-electron chi connectivity index (χ3n) is 1.19. The SMILES string of the molecule is C=CCN(CCCl)CCCl.Cl. The topological polar surface area (TPSA) is 3.24 Å². The summed E-state index contributed by atoms with van der Waals surface area (Å²) in [7, 11) is 0. The van der Waals surface area contributed by atoms with E-state index in [1.165, 1.54) is 0 Å². The van der Waals surface area contributed by atoms with Crippen molar-refractivity contribution < 1.29 is 0 Å². The first-order chi connectivity index (χ1) is 4.85. The van der Waals surface area contributed by atoms with Gasteiger partial charge in [0.2, 0.25) is 0 Å². The van der Waals surface area contributed by atoms with Gasteiger partial charge in [-0.15, -0.1) is 42.2 Å². The fraction of sp³-hybridized carbons (Fsp3) is 0.714. The molecule has 0 aliphatic heterocycles. The average Bonchev–Trinajstić information content (AvgIpc) is 1.90. The van der Waals surface area contributed by atoms with Crippen LogP contribution in [0.1, 0.15) is 0 Å². The first-order valence-electron chi connectivity index (χ1n) is 3.30. The molecule has 4 heteroatoms. The Morgan fingerprint density at radius 2 is 1.64 bits per heavy atom. The Morgan fingerprint density at radius 1 is 1.18 bits per heavy atom. The van der Waals surface area contributed by atoms with Crippen LogP contribution in [0.2, 0.25) is 0 Å². The molecule has 0 aromatic carbocycles. The number of halogens is 3. The standard InChI is InChI=1S/C7H13Cl2N.ClH/c1-2-5-10(6-3-8)7-4-9;/h2H,1,3-7H2;1H. The number of alkyl halides is 2. The van der Waals surface area contributed by atoms with E-state index in [1.54, 1.807) is 0 Å². The maximum Gasteiger partial charge on any atom is 0.0351 e. The molecule has 0 rings (SSSR count). The molecule has 0 fully saturated rings. The Bertz CT molecular complexity index is 81.8. The highest BCUT2D eigenvalue weighted by atomic mass is 35.5. The van der Waals surface area contributed by atoms with Gasteiger partial charge in [0.15, 0.2) is 0 Å². The monoisotopic (exact) mass is 217 g/mol. The maximum atomic E-state index is 5.55. The molecule has 0 aromatic heterocycles. The third-order valence-corrected chi connectivity index (χ3v) is 1.53. The van der Waals surface area contributed by atoms with Gasteiger partial charge in [-0.25, -0.2) is 0 Å². The smallest absolute Gasteiger partial charge is 0.0351 e. The Labute approximate surface area is 84.8 Å². The van der Waals surface area contributed by atoms with Gasteiger partial charge in [-0.3, -0.25) is 4.90 Å². The molecule has 0 bridgehead atoms. The van der Waals surface area contributed by atoms with Crippen molar-refractivity contribution in [2.45, 2.75) is 0 Å². The second-order valence-electron chi connectivity index (χ2n) is 1.97. The summed E-state index contributed by atoms with van der Waals surface area (Å²) < 4.78 is 0. The van der Waals surface area contributed by atoms with E-state index >= 15 is 0 Å². The van der Waals surface area contributed by atoms with E-state index in [0.29, 0.717) is 11.8 Å². The van der Waals surface area contributed by atoms with Crippen molar-refractivity contribution in [3.05, 3.63) is 12.7 Å². The van der Waals surface area contributed by atoms with Gasteiger partial charge in [-0.1, -0.05) is 6.08 Å². The number of hydrogen-bond donors (Lipinski definition) is 0. The van der Waals surface area contributed by atoms with Crippen LogP contribution in [0.5, 0.6) is 0 Å². The summed E-state index contributed by atoms with van der Waals surface area (Å²) in [5.74, 6) is 1.31. The van der Waals surface area contributed by atoms with Gasteiger partial charge >= 0.3 is 0 Å². The van der Waals surface area contributed by atoms with Crippen molar-refractivity contribution in [1.29, 1.82) is 0 Å². The molecule has 0 unspecified atom stereocenters. The van der Waals surface area contributed by atoms with Crippen LogP contribution in [-0.2, 0) is 0 Å². The van der Waals surface area contributed by atoms with Crippen molar-refractivity contribution in [2.75, 3.05) is 31.4 Å². The van der Waals surface area contributed by atoms with E-state index in [0.717, 1.165) is 19.6 Å². The Balaban J connectivity index is 0. The fourth-order valence-corrected chi connectivity index (χ4v) is 1.19. The average molecular weight is 219 g/mol. The minimum Gasteiger partial charge on any atom is -0.297 e. The molecule has 0 aliphatic carbocycles. The summed E-state index contributed by atoms with van der Waals surface area (Å²) in [6.45, 7) is 6.29. The lowest BCUT2D eigenvalue weighted by molar-refractivity contribution is 0.341. The molecule has 0 atom stereocenters. The molecule has 0 aromatic rings. The highest BCUT2D eigenvalue weighted by molar-refractivity contribution is 6.18. The van der Waals surface area contributed by atoms with Gasteiger partial charge in [-0.2, -0.15) is 0 Å². The summed E-state index contributed by atoms with van der Waals surface area (Å²) in [5.41, 5.74) is 0. The molecule has 0 aliphatic rings. The van der Waals surface area contributed by atoms with E-state index in [9.17, 15) is 0 Å². The van der Waals surface area contributed by atoms with E-state index in [2.05, 4.69) is 11.5 Å². The molecule has 11 heavy (non-hydrogen) atoms. The molecule has 0 saturated heterocycles. The van der Waals surface area contributed by atoms with Crippen molar-refractivity contribution in [3.63, 3.8) is 0 Å². The van der Waals surface area contributed by atoms with Crippen LogP contribution in [0.15, 0.2) is 12.7 Å². The molecule has 1 nitrogen and oxygen atoms in total. The Hall–Kier alpha value is 0.570. The minimum absolute atomic E-state index is 0. The maximum absolute atomic E-state index is 5.55. The summed E-state index contributed by atoms with van der Waals surface area (Å²) in [4.78, 5) is 2.16. The van der Waals surface area contributed by atoms with Gasteiger partial charge in [-0.05, 0) is 0 Å². The van der Waals surface area contributed by atoms with Crippen LogP contribution in [0.25, 0.3) is 0 Å². The molecule has 0 spiro atoms. The van der Waals surface area contributed by atoms with Crippen LogP contribution in [0.4, 0.5) is 0 Å². The van der Waals surface area contributed by atoms with Crippen molar-refractivity contribution in [1.82, 2.24) is 4.90 Å². The molecular formula is C7H14Cl3N. The fourth-order valence-electron chi connectivity index (χ4n) is 0.716. The van der Waals surface area contributed by atoms with Gasteiger partial charge in [0.1, 0.15) is 0 Å². The number of nitrogens with zero attached hydrogens (tertiary/aromatic N) is 1. The summed E-state index contributed by atoms with van der Waals surface area (Å²) in [5, 5.41) is 0. The number of rotatable bonds is 6. The van der Waals surface area contributed by atoms with Crippen molar-refractivity contribution >= 4 is 35.6 Å². The Kier molecular flexibility index (Phi) is 13.6. The number of hydrogen-bond acceptors (Lipinski definition) is 1. The van der Waals surface area contributed by atoms with E-state index in [1.807, 2.05) is 6.08 Å². The largest absolute Gasteiger partial charge is 0.297 e. The quantitative estimate of drug-likeness (QED) is 0.489. The molecule has 68 valence electrons. The highest BCUT2D eigenvalue weighted by Crippen LogP contribution is 1.91. The van der Waals surface area contributed by atoms with Gasteiger partial charge in [0.25, 0.3) is 0 Å². The van der Waals surface area contributed by atoms with E-state index in [4.69, 9.17) is 23.2 Å². The van der Waals surface area contributed by atoms with Crippen LogP contribution in [-0.4, -0.2) is 36.3 Å². The summed E-state index contributed by atoms with van der Waals surface area (Å²) in [6.07, 6.45) is 1.86. The molecular weight excluding hydrogens is 204 g/mol. The summed E-state index contributed by atoms with van der Waals surface area (Å²) in [6, 6.07) is 0. The van der Waals surface area contributed by atoms with E-state index in [-0.39, 0.29) is 12.4 Å². The van der Waals surface area contributed by atoms with Crippen LogP contribution in [0, 0.1) is 0 Å². The molecule has 0 heterocycles. The molecule has 0 amide bonds. The zero-order valence-electron chi connectivity index (χ0n) is 6.43. The van der Waals surface area contributed by atoms with Crippen molar-refractivity contribution in [3.8, 4) is 0 Å². The highest BCUT2D eigenvalue weighted by Gasteiger charge is 1.98.